The first kappa shape index (κ1) is 19.8. The number of fused-ring (bicyclic) bond motifs is 1. The largest absolute Gasteiger partial charge is 0.465 e. The number of aromatic amines is 1. The Hall–Kier alpha value is -2.94. The maximum atomic E-state index is 12.3. The number of thiophene rings is 1. The lowest BCUT2D eigenvalue weighted by Gasteiger charge is -2.03. The van der Waals surface area contributed by atoms with Gasteiger partial charge in [-0.1, -0.05) is 0 Å². The first-order chi connectivity index (χ1) is 13.3. The van der Waals surface area contributed by atoms with Crippen LogP contribution in [0.3, 0.4) is 0 Å². The monoisotopic (exact) mass is 403 g/mol. The SMILES string of the molecule is COC(=O)c1cc(CNC(=O)CCc2nc3sc(C)c(C)c3c(=O)[nH]2)oc1C. The maximum absolute atomic E-state index is 12.3. The first-order valence-electron chi connectivity index (χ1n) is 8.73. The highest BCUT2D eigenvalue weighted by Crippen LogP contribution is 2.25. The molecule has 3 rings (SSSR count). The summed E-state index contributed by atoms with van der Waals surface area (Å²) in [6.07, 6.45) is 0.485. The Morgan fingerprint density at radius 3 is 2.79 bits per heavy atom. The third-order valence-electron chi connectivity index (χ3n) is 4.51. The molecule has 0 unspecified atom stereocenters. The van der Waals surface area contributed by atoms with Crippen molar-refractivity contribution in [3.63, 3.8) is 0 Å². The van der Waals surface area contributed by atoms with E-state index in [1.165, 1.54) is 18.4 Å². The normalized spacial score (nSPS) is 11.0. The molecule has 3 aromatic rings. The first-order valence-corrected chi connectivity index (χ1v) is 9.55. The number of nitrogens with one attached hydrogen (secondary N) is 2. The summed E-state index contributed by atoms with van der Waals surface area (Å²) in [4.78, 5) is 44.9. The van der Waals surface area contributed by atoms with Crippen LogP contribution >= 0.6 is 11.3 Å². The summed E-state index contributed by atoms with van der Waals surface area (Å²) in [5.41, 5.74) is 1.10. The number of hydrogen-bond donors (Lipinski definition) is 2. The number of methoxy groups -OCH3 is 1. The van der Waals surface area contributed by atoms with Gasteiger partial charge in [0.2, 0.25) is 5.91 Å². The van der Waals surface area contributed by atoms with Crippen LogP contribution < -0.4 is 10.9 Å². The predicted molar refractivity (Wildman–Crippen MR) is 105 cm³/mol. The number of furan rings is 1. The zero-order chi connectivity index (χ0) is 20.4. The Balaban J connectivity index is 1.60. The average molecular weight is 403 g/mol. The number of aryl methyl sites for hydroxylation is 4. The van der Waals surface area contributed by atoms with Gasteiger partial charge in [-0.2, -0.15) is 0 Å². The summed E-state index contributed by atoms with van der Waals surface area (Å²) in [5, 5.41) is 3.35. The van der Waals surface area contributed by atoms with Crippen LogP contribution in [0.2, 0.25) is 0 Å². The summed E-state index contributed by atoms with van der Waals surface area (Å²) in [7, 11) is 1.30. The molecule has 9 heteroatoms. The van der Waals surface area contributed by atoms with Crippen LogP contribution in [0.25, 0.3) is 10.2 Å². The van der Waals surface area contributed by atoms with Crippen LogP contribution in [0.15, 0.2) is 15.3 Å². The fraction of sp³-hybridized carbons (Fsp3) is 0.368. The number of rotatable bonds is 6. The molecule has 28 heavy (non-hydrogen) atoms. The van der Waals surface area contributed by atoms with Crippen molar-refractivity contribution in [1.29, 1.82) is 0 Å². The summed E-state index contributed by atoms with van der Waals surface area (Å²) in [5.74, 6) is 0.686. The van der Waals surface area contributed by atoms with Gasteiger partial charge in [0.05, 0.1) is 19.0 Å². The van der Waals surface area contributed by atoms with Gasteiger partial charge in [-0.3, -0.25) is 9.59 Å². The molecule has 3 heterocycles. The highest BCUT2D eigenvalue weighted by atomic mass is 32.1. The number of carbonyl (C=O) groups is 2. The molecule has 0 spiro atoms. The molecule has 0 radical (unpaired) electrons. The van der Waals surface area contributed by atoms with Crippen LogP contribution in [0, 0.1) is 20.8 Å². The van der Waals surface area contributed by atoms with Gasteiger partial charge in [0.1, 0.15) is 27.7 Å². The van der Waals surface area contributed by atoms with E-state index in [9.17, 15) is 14.4 Å². The zero-order valence-electron chi connectivity index (χ0n) is 16.1. The van der Waals surface area contributed by atoms with Crippen molar-refractivity contribution in [3.8, 4) is 0 Å². The van der Waals surface area contributed by atoms with E-state index in [0.29, 0.717) is 39.5 Å². The van der Waals surface area contributed by atoms with E-state index >= 15 is 0 Å². The van der Waals surface area contributed by atoms with Gasteiger partial charge < -0.3 is 19.5 Å². The minimum Gasteiger partial charge on any atom is -0.465 e. The second-order valence-corrected chi connectivity index (χ2v) is 7.63. The van der Waals surface area contributed by atoms with Crippen LogP contribution in [0.4, 0.5) is 0 Å². The Kier molecular flexibility index (Phi) is 5.64. The van der Waals surface area contributed by atoms with Crippen LogP contribution in [0.1, 0.15) is 44.6 Å². The van der Waals surface area contributed by atoms with Gasteiger partial charge in [0.25, 0.3) is 5.56 Å². The average Bonchev–Trinajstić information content (AvgIpc) is 3.17. The number of nitrogens with zero attached hydrogens (tertiary/aromatic N) is 1. The number of aromatic nitrogens is 2. The molecular formula is C19H21N3O5S. The molecule has 0 aliphatic heterocycles. The molecule has 8 nitrogen and oxygen atoms in total. The number of hydrogen-bond acceptors (Lipinski definition) is 7. The van der Waals surface area contributed by atoms with Crippen LogP contribution in [0.5, 0.6) is 0 Å². The molecule has 3 aromatic heterocycles. The van der Waals surface area contributed by atoms with Gasteiger partial charge in [-0.15, -0.1) is 11.3 Å². The van der Waals surface area contributed by atoms with Crippen molar-refractivity contribution in [1.82, 2.24) is 15.3 Å². The van der Waals surface area contributed by atoms with E-state index in [-0.39, 0.29) is 24.4 Å². The lowest BCUT2D eigenvalue weighted by atomic mass is 10.2. The van der Waals surface area contributed by atoms with E-state index in [4.69, 9.17) is 4.42 Å². The molecule has 0 aromatic carbocycles. The Labute approximate surface area is 164 Å². The zero-order valence-corrected chi connectivity index (χ0v) is 16.9. The Morgan fingerprint density at radius 2 is 2.07 bits per heavy atom. The molecule has 2 N–H and O–H groups in total. The molecule has 0 bridgehead atoms. The Bertz CT molecular complexity index is 1110. The summed E-state index contributed by atoms with van der Waals surface area (Å²) < 4.78 is 10.1. The topological polar surface area (TPSA) is 114 Å². The van der Waals surface area contributed by atoms with Crippen LogP contribution in [-0.2, 0) is 22.5 Å². The molecule has 0 atom stereocenters. The van der Waals surface area contributed by atoms with Crippen LogP contribution in [-0.4, -0.2) is 29.0 Å². The van der Waals surface area contributed by atoms with Crippen molar-refractivity contribution in [3.05, 3.63) is 49.8 Å². The second kappa shape index (κ2) is 7.97. The van der Waals surface area contributed by atoms with Crippen molar-refractivity contribution < 1.29 is 18.7 Å². The van der Waals surface area contributed by atoms with E-state index in [1.807, 2.05) is 13.8 Å². The highest BCUT2D eigenvalue weighted by molar-refractivity contribution is 7.18. The van der Waals surface area contributed by atoms with Crippen molar-refractivity contribution >= 4 is 33.4 Å². The quantitative estimate of drug-likeness (QED) is 0.611. The lowest BCUT2D eigenvalue weighted by Crippen LogP contribution is -2.23. The number of ether oxygens (including phenoxy) is 1. The van der Waals surface area contributed by atoms with Gasteiger partial charge in [-0.05, 0) is 32.4 Å². The smallest absolute Gasteiger partial charge is 0.341 e. The standard InChI is InChI=1S/C19H21N3O5S/c1-9-11(3)28-18-16(9)17(24)21-14(22-18)5-6-15(23)20-8-12-7-13(10(2)27-12)19(25)26-4/h7H,5-6,8H2,1-4H3,(H,20,23)(H,21,22,24). The lowest BCUT2D eigenvalue weighted by molar-refractivity contribution is -0.121. The predicted octanol–water partition coefficient (Wildman–Crippen LogP) is 2.54. The number of carbonyl (C=O) groups excluding carboxylic acids is 2. The summed E-state index contributed by atoms with van der Waals surface area (Å²) >= 11 is 1.47. The van der Waals surface area contributed by atoms with Crippen molar-refractivity contribution in [2.45, 2.75) is 40.2 Å². The molecule has 0 aliphatic rings. The second-order valence-electron chi connectivity index (χ2n) is 6.43. The maximum Gasteiger partial charge on any atom is 0.341 e. The molecule has 0 saturated heterocycles. The van der Waals surface area contributed by atoms with Crippen molar-refractivity contribution in [2.24, 2.45) is 0 Å². The summed E-state index contributed by atoms with van der Waals surface area (Å²) in [6, 6.07) is 1.55. The van der Waals surface area contributed by atoms with Gasteiger partial charge in [0, 0.05) is 17.7 Å². The highest BCUT2D eigenvalue weighted by Gasteiger charge is 2.16. The molecule has 0 aliphatic carbocycles. The summed E-state index contributed by atoms with van der Waals surface area (Å²) in [6.45, 7) is 5.67. The molecule has 1 amide bonds. The molecule has 148 valence electrons. The fourth-order valence-electron chi connectivity index (χ4n) is 2.87. The minimum atomic E-state index is -0.483. The third-order valence-corrected chi connectivity index (χ3v) is 5.61. The number of amides is 1. The van der Waals surface area contributed by atoms with E-state index < -0.39 is 5.97 Å². The van der Waals surface area contributed by atoms with E-state index in [2.05, 4.69) is 20.0 Å². The molecule has 0 saturated carbocycles. The van der Waals surface area contributed by atoms with Crippen molar-refractivity contribution in [2.75, 3.05) is 7.11 Å². The van der Waals surface area contributed by atoms with Gasteiger partial charge in [0.15, 0.2) is 0 Å². The molecular weight excluding hydrogens is 382 g/mol. The molecule has 0 fully saturated rings. The fourth-order valence-corrected chi connectivity index (χ4v) is 3.92. The van der Waals surface area contributed by atoms with Gasteiger partial charge >= 0.3 is 5.97 Å². The Morgan fingerprint density at radius 1 is 1.32 bits per heavy atom. The van der Waals surface area contributed by atoms with E-state index in [1.54, 1.807) is 13.0 Å². The number of esters is 1. The minimum absolute atomic E-state index is 0.156. The number of H-pyrrole nitrogens is 1. The third kappa shape index (κ3) is 3.99. The van der Waals surface area contributed by atoms with Gasteiger partial charge in [-0.25, -0.2) is 9.78 Å². The van der Waals surface area contributed by atoms with E-state index in [0.717, 1.165) is 10.4 Å².